The zero-order valence-corrected chi connectivity index (χ0v) is 16.9. The van der Waals surface area contributed by atoms with E-state index in [1.807, 2.05) is 70.9 Å². The average molecular weight is 406 g/mol. The second kappa shape index (κ2) is 8.59. The summed E-state index contributed by atoms with van der Waals surface area (Å²) in [6.07, 6.45) is 0.789. The molecule has 0 atom stereocenters. The van der Waals surface area contributed by atoms with E-state index in [0.717, 1.165) is 32.7 Å². The monoisotopic (exact) mass is 405 g/mol. The molecule has 0 unspecified atom stereocenters. The molecule has 0 aliphatic rings. The minimum atomic E-state index is 0.0790. The highest BCUT2D eigenvalue weighted by Gasteiger charge is 2.19. The standard InChI is InChI=1S/C24H20ClNOS/c25-20-12-10-18(11-13-20)14-15-26(16-19-6-2-1-3-7-19)24(27)22-17-28-23-9-5-4-8-21(22)23/h1-13,17H,14-16H2. The van der Waals surface area contributed by atoms with E-state index < -0.39 is 0 Å². The molecule has 1 aromatic heterocycles. The van der Waals surface area contributed by atoms with Gasteiger partial charge < -0.3 is 4.90 Å². The summed E-state index contributed by atoms with van der Waals surface area (Å²) in [7, 11) is 0. The van der Waals surface area contributed by atoms with Gasteiger partial charge in [-0.15, -0.1) is 11.3 Å². The summed E-state index contributed by atoms with van der Waals surface area (Å²) in [6, 6.07) is 26.1. The van der Waals surface area contributed by atoms with Gasteiger partial charge in [-0.2, -0.15) is 0 Å². The van der Waals surface area contributed by atoms with Gasteiger partial charge >= 0.3 is 0 Å². The molecule has 0 radical (unpaired) electrons. The van der Waals surface area contributed by atoms with Crippen molar-refractivity contribution in [2.45, 2.75) is 13.0 Å². The molecule has 1 amide bonds. The molecule has 3 aromatic carbocycles. The number of hydrogen-bond donors (Lipinski definition) is 0. The maximum Gasteiger partial charge on any atom is 0.255 e. The lowest BCUT2D eigenvalue weighted by molar-refractivity contribution is 0.0747. The van der Waals surface area contributed by atoms with Crippen LogP contribution in [0.4, 0.5) is 0 Å². The Labute approximate surface area is 174 Å². The number of carbonyl (C=O) groups excluding carboxylic acids is 1. The van der Waals surface area contributed by atoms with Gasteiger partial charge in [0.25, 0.3) is 5.91 Å². The molecule has 0 aliphatic heterocycles. The van der Waals surface area contributed by atoms with Crippen molar-refractivity contribution in [3.63, 3.8) is 0 Å². The van der Waals surface area contributed by atoms with Crippen molar-refractivity contribution in [2.75, 3.05) is 6.54 Å². The SMILES string of the molecule is O=C(c1csc2ccccc12)N(CCc1ccc(Cl)cc1)Cc1ccccc1. The zero-order chi connectivity index (χ0) is 19.3. The van der Waals surface area contributed by atoms with Gasteiger partial charge in [0.1, 0.15) is 0 Å². The number of carbonyl (C=O) groups is 1. The van der Waals surface area contributed by atoms with Crippen molar-refractivity contribution in [2.24, 2.45) is 0 Å². The molecule has 28 heavy (non-hydrogen) atoms. The highest BCUT2D eigenvalue weighted by Crippen LogP contribution is 2.27. The van der Waals surface area contributed by atoms with Crippen LogP contribution >= 0.6 is 22.9 Å². The van der Waals surface area contributed by atoms with Gasteiger partial charge in [0.15, 0.2) is 0 Å². The molecule has 4 heteroatoms. The van der Waals surface area contributed by atoms with Crippen molar-refractivity contribution in [3.8, 4) is 0 Å². The number of rotatable bonds is 6. The van der Waals surface area contributed by atoms with Crippen molar-refractivity contribution >= 4 is 38.9 Å². The van der Waals surface area contributed by atoms with Gasteiger partial charge in [-0.25, -0.2) is 0 Å². The molecule has 0 spiro atoms. The van der Waals surface area contributed by atoms with Crippen LogP contribution in [-0.4, -0.2) is 17.4 Å². The Morgan fingerprint density at radius 1 is 0.857 bits per heavy atom. The summed E-state index contributed by atoms with van der Waals surface area (Å²) in [5.41, 5.74) is 3.09. The Morgan fingerprint density at radius 2 is 1.57 bits per heavy atom. The molecule has 0 bridgehead atoms. The fraction of sp³-hybridized carbons (Fsp3) is 0.125. The number of hydrogen-bond acceptors (Lipinski definition) is 2. The molecule has 140 valence electrons. The molecule has 0 saturated heterocycles. The normalized spacial score (nSPS) is 10.9. The average Bonchev–Trinajstić information content (AvgIpc) is 3.17. The van der Waals surface area contributed by atoms with Crippen molar-refractivity contribution < 1.29 is 4.79 Å². The molecular formula is C24H20ClNOS. The maximum absolute atomic E-state index is 13.4. The third-order valence-electron chi connectivity index (χ3n) is 4.80. The third kappa shape index (κ3) is 4.27. The molecule has 0 N–H and O–H groups in total. The van der Waals surface area contributed by atoms with Crippen LogP contribution < -0.4 is 0 Å². The lowest BCUT2D eigenvalue weighted by atomic mass is 10.1. The lowest BCUT2D eigenvalue weighted by Crippen LogP contribution is -2.32. The number of thiophene rings is 1. The maximum atomic E-state index is 13.4. The number of fused-ring (bicyclic) bond motifs is 1. The van der Waals surface area contributed by atoms with Crippen LogP contribution in [0.1, 0.15) is 21.5 Å². The summed E-state index contributed by atoms with van der Waals surface area (Å²) >= 11 is 7.61. The van der Waals surface area contributed by atoms with Crippen molar-refractivity contribution in [1.82, 2.24) is 4.90 Å². The molecule has 2 nitrogen and oxygen atoms in total. The minimum Gasteiger partial charge on any atom is -0.334 e. The molecule has 4 aromatic rings. The van der Waals surface area contributed by atoms with E-state index in [1.54, 1.807) is 11.3 Å². The van der Waals surface area contributed by atoms with Crippen LogP contribution in [0.2, 0.25) is 5.02 Å². The van der Waals surface area contributed by atoms with Gasteiger partial charge in [0, 0.05) is 33.6 Å². The van der Waals surface area contributed by atoms with Gasteiger partial charge in [-0.05, 0) is 35.7 Å². The molecule has 4 rings (SSSR count). The predicted octanol–water partition coefficient (Wildman–Crippen LogP) is 6.44. The number of halogens is 1. The van der Waals surface area contributed by atoms with E-state index in [0.29, 0.717) is 13.1 Å². The fourth-order valence-electron chi connectivity index (χ4n) is 3.29. The van der Waals surface area contributed by atoms with Gasteiger partial charge in [-0.3, -0.25) is 4.79 Å². The van der Waals surface area contributed by atoms with Crippen molar-refractivity contribution in [3.05, 3.63) is 106 Å². The summed E-state index contributed by atoms with van der Waals surface area (Å²) < 4.78 is 1.14. The first-order valence-corrected chi connectivity index (χ1v) is 10.5. The Hall–Kier alpha value is -2.62. The number of amides is 1. The lowest BCUT2D eigenvalue weighted by Gasteiger charge is -2.23. The predicted molar refractivity (Wildman–Crippen MR) is 118 cm³/mol. The molecular weight excluding hydrogens is 386 g/mol. The largest absolute Gasteiger partial charge is 0.334 e. The Balaban J connectivity index is 1.59. The first-order valence-electron chi connectivity index (χ1n) is 9.24. The summed E-state index contributed by atoms with van der Waals surface area (Å²) in [5.74, 6) is 0.0790. The van der Waals surface area contributed by atoms with E-state index >= 15 is 0 Å². The summed E-state index contributed by atoms with van der Waals surface area (Å²) in [4.78, 5) is 15.4. The third-order valence-corrected chi connectivity index (χ3v) is 6.01. The van der Waals surface area contributed by atoms with Crippen LogP contribution in [0.3, 0.4) is 0 Å². The highest BCUT2D eigenvalue weighted by atomic mass is 35.5. The number of nitrogens with zero attached hydrogens (tertiary/aromatic N) is 1. The Morgan fingerprint density at radius 3 is 2.36 bits per heavy atom. The van der Waals surface area contributed by atoms with E-state index in [9.17, 15) is 4.79 Å². The van der Waals surface area contributed by atoms with Crippen LogP contribution in [0, 0.1) is 0 Å². The molecule has 0 fully saturated rings. The smallest absolute Gasteiger partial charge is 0.255 e. The first kappa shape index (κ1) is 18.7. The van der Waals surface area contributed by atoms with Crippen LogP contribution in [0.15, 0.2) is 84.2 Å². The quantitative estimate of drug-likeness (QED) is 0.361. The Bertz CT molecular complexity index is 1070. The van der Waals surface area contributed by atoms with Crippen LogP contribution in [0.5, 0.6) is 0 Å². The summed E-state index contributed by atoms with van der Waals surface area (Å²) in [6.45, 7) is 1.25. The van der Waals surface area contributed by atoms with Gasteiger partial charge in [0.2, 0.25) is 0 Å². The highest BCUT2D eigenvalue weighted by molar-refractivity contribution is 7.17. The zero-order valence-electron chi connectivity index (χ0n) is 15.3. The van der Waals surface area contributed by atoms with Crippen LogP contribution in [0.25, 0.3) is 10.1 Å². The van der Waals surface area contributed by atoms with E-state index in [1.165, 1.54) is 5.56 Å². The van der Waals surface area contributed by atoms with E-state index in [4.69, 9.17) is 11.6 Å². The van der Waals surface area contributed by atoms with Gasteiger partial charge in [0.05, 0.1) is 5.56 Å². The second-order valence-electron chi connectivity index (χ2n) is 6.73. The number of benzene rings is 3. The van der Waals surface area contributed by atoms with E-state index in [2.05, 4.69) is 18.2 Å². The van der Waals surface area contributed by atoms with Gasteiger partial charge in [-0.1, -0.05) is 72.3 Å². The Kier molecular flexibility index (Phi) is 5.75. The molecule has 0 saturated carbocycles. The first-order chi connectivity index (χ1) is 13.7. The summed E-state index contributed by atoms with van der Waals surface area (Å²) in [5, 5.41) is 3.74. The van der Waals surface area contributed by atoms with Crippen molar-refractivity contribution in [1.29, 1.82) is 0 Å². The second-order valence-corrected chi connectivity index (χ2v) is 8.08. The van der Waals surface area contributed by atoms with E-state index in [-0.39, 0.29) is 5.91 Å². The molecule has 0 aliphatic carbocycles. The molecule has 1 heterocycles. The fourth-order valence-corrected chi connectivity index (χ4v) is 4.35. The topological polar surface area (TPSA) is 20.3 Å². The van der Waals surface area contributed by atoms with Crippen LogP contribution in [-0.2, 0) is 13.0 Å². The minimum absolute atomic E-state index is 0.0790.